The van der Waals surface area contributed by atoms with Crippen molar-refractivity contribution in [3.63, 3.8) is 0 Å². The number of ketones is 1. The third-order valence-corrected chi connectivity index (χ3v) is 6.40. The molecule has 0 aliphatic rings. The predicted molar refractivity (Wildman–Crippen MR) is 113 cm³/mol. The molecule has 2 aromatic carbocycles. The minimum absolute atomic E-state index is 0.0642. The summed E-state index contributed by atoms with van der Waals surface area (Å²) in [7, 11) is -0.603. The van der Waals surface area contributed by atoms with Gasteiger partial charge in [0.2, 0.25) is 15.9 Å². The van der Waals surface area contributed by atoms with Crippen LogP contribution in [0.5, 0.6) is 0 Å². The van der Waals surface area contributed by atoms with Gasteiger partial charge in [0.25, 0.3) is 0 Å². The van der Waals surface area contributed by atoms with Crippen LogP contribution in [0.1, 0.15) is 30.1 Å². The Morgan fingerprint density at radius 2 is 1.90 bits per heavy atom. The van der Waals surface area contributed by atoms with E-state index in [0.717, 1.165) is 4.31 Å². The fraction of sp³-hybridized carbons (Fsp3) is 0.300. The number of aromatic nitrogens is 3. The van der Waals surface area contributed by atoms with Crippen molar-refractivity contribution in [3.05, 3.63) is 48.0 Å². The van der Waals surface area contributed by atoms with E-state index >= 15 is 0 Å². The van der Waals surface area contributed by atoms with Gasteiger partial charge in [0.05, 0.1) is 10.4 Å². The zero-order valence-corrected chi connectivity index (χ0v) is 17.8. The van der Waals surface area contributed by atoms with Crippen LogP contribution >= 0.6 is 0 Å². The molecular weight excluding hydrogens is 406 g/mol. The highest BCUT2D eigenvalue weighted by atomic mass is 32.2. The van der Waals surface area contributed by atoms with Gasteiger partial charge in [0.1, 0.15) is 5.52 Å². The SMILES string of the molecule is CC(=O)c1cccc(NC(=O)CCCn2nnc3cc(S(=O)(=O)N(C)C)ccc32)c1. The van der Waals surface area contributed by atoms with Crippen molar-refractivity contribution >= 4 is 38.4 Å². The highest BCUT2D eigenvalue weighted by Gasteiger charge is 2.18. The maximum Gasteiger partial charge on any atom is 0.242 e. The number of hydrogen-bond donors (Lipinski definition) is 1. The average molecular weight is 430 g/mol. The Labute approximate surface area is 174 Å². The lowest BCUT2D eigenvalue weighted by Gasteiger charge is -2.11. The van der Waals surface area contributed by atoms with Gasteiger partial charge >= 0.3 is 0 Å². The first kappa shape index (κ1) is 21.6. The fourth-order valence-corrected chi connectivity index (χ4v) is 3.84. The Morgan fingerprint density at radius 1 is 1.13 bits per heavy atom. The Morgan fingerprint density at radius 3 is 2.60 bits per heavy atom. The quantitative estimate of drug-likeness (QED) is 0.550. The van der Waals surface area contributed by atoms with E-state index in [-0.39, 0.29) is 23.0 Å². The fourth-order valence-electron chi connectivity index (χ4n) is 2.92. The molecule has 3 rings (SSSR count). The van der Waals surface area contributed by atoms with E-state index in [1.807, 2.05) is 0 Å². The second-order valence-electron chi connectivity index (χ2n) is 7.04. The molecule has 3 aromatic rings. The molecule has 0 radical (unpaired) electrons. The van der Waals surface area contributed by atoms with Gasteiger partial charge < -0.3 is 5.32 Å². The second-order valence-corrected chi connectivity index (χ2v) is 9.19. The highest BCUT2D eigenvalue weighted by molar-refractivity contribution is 7.89. The van der Waals surface area contributed by atoms with Crippen molar-refractivity contribution in [2.75, 3.05) is 19.4 Å². The molecule has 1 aromatic heterocycles. The van der Waals surface area contributed by atoms with Crippen molar-refractivity contribution in [1.29, 1.82) is 0 Å². The summed E-state index contributed by atoms with van der Waals surface area (Å²) in [5, 5.41) is 10.9. The van der Waals surface area contributed by atoms with E-state index in [2.05, 4.69) is 15.6 Å². The Bertz CT molecular complexity index is 1200. The van der Waals surface area contributed by atoms with Crippen LogP contribution in [-0.4, -0.2) is 53.5 Å². The summed E-state index contributed by atoms with van der Waals surface area (Å²) in [6.45, 7) is 1.93. The third-order valence-electron chi connectivity index (χ3n) is 4.59. The molecule has 9 nitrogen and oxygen atoms in total. The number of nitrogens with zero attached hydrogens (tertiary/aromatic N) is 4. The van der Waals surface area contributed by atoms with Crippen LogP contribution in [-0.2, 0) is 21.4 Å². The van der Waals surface area contributed by atoms with Gasteiger partial charge in [-0.05, 0) is 43.7 Å². The normalized spacial score (nSPS) is 11.7. The van der Waals surface area contributed by atoms with Gasteiger partial charge in [-0.2, -0.15) is 0 Å². The molecule has 0 atom stereocenters. The van der Waals surface area contributed by atoms with E-state index in [1.165, 1.54) is 33.2 Å². The van der Waals surface area contributed by atoms with Crippen LogP contribution in [0.3, 0.4) is 0 Å². The largest absolute Gasteiger partial charge is 0.326 e. The summed E-state index contributed by atoms with van der Waals surface area (Å²) in [6, 6.07) is 11.5. The topological polar surface area (TPSA) is 114 Å². The molecule has 0 saturated carbocycles. The van der Waals surface area contributed by atoms with Gasteiger partial charge in [0, 0.05) is 38.3 Å². The van der Waals surface area contributed by atoms with E-state index in [4.69, 9.17) is 0 Å². The van der Waals surface area contributed by atoms with E-state index in [9.17, 15) is 18.0 Å². The number of carbonyl (C=O) groups excluding carboxylic acids is 2. The van der Waals surface area contributed by atoms with Gasteiger partial charge in [-0.3, -0.25) is 9.59 Å². The average Bonchev–Trinajstić information content (AvgIpc) is 3.10. The maximum absolute atomic E-state index is 12.2. The predicted octanol–water partition coefficient (Wildman–Crippen LogP) is 2.30. The molecule has 0 aliphatic carbocycles. The van der Waals surface area contributed by atoms with E-state index in [1.54, 1.807) is 35.0 Å². The standard InChI is InChI=1S/C20H23N5O4S/c1-14(26)15-6-4-7-16(12-15)21-20(27)8-5-11-25-19-10-9-17(13-18(19)22-23-25)30(28,29)24(2)3/h4,6-7,9-10,12-13H,5,8,11H2,1-3H3,(H,21,27). The van der Waals surface area contributed by atoms with Gasteiger partial charge in [-0.15, -0.1) is 5.10 Å². The number of aryl methyl sites for hydroxylation is 1. The van der Waals surface area contributed by atoms with Gasteiger partial charge in [0.15, 0.2) is 5.78 Å². The molecule has 0 spiro atoms. The van der Waals surface area contributed by atoms with E-state index in [0.29, 0.717) is 35.2 Å². The minimum atomic E-state index is -3.54. The smallest absolute Gasteiger partial charge is 0.242 e. The summed E-state index contributed by atoms with van der Waals surface area (Å²) >= 11 is 0. The molecule has 158 valence electrons. The summed E-state index contributed by atoms with van der Waals surface area (Å²) in [5.74, 6) is -0.231. The number of amides is 1. The summed E-state index contributed by atoms with van der Waals surface area (Å²) in [4.78, 5) is 23.8. The number of fused-ring (bicyclic) bond motifs is 1. The number of rotatable bonds is 8. The molecule has 0 bridgehead atoms. The van der Waals surface area contributed by atoms with Crippen molar-refractivity contribution < 1.29 is 18.0 Å². The molecule has 0 unspecified atom stereocenters. The van der Waals surface area contributed by atoms with Crippen LogP contribution in [0.4, 0.5) is 5.69 Å². The van der Waals surface area contributed by atoms with Crippen molar-refractivity contribution in [2.45, 2.75) is 31.2 Å². The number of hydrogen-bond acceptors (Lipinski definition) is 6. The molecule has 0 saturated heterocycles. The molecule has 1 heterocycles. The number of benzene rings is 2. The zero-order valence-electron chi connectivity index (χ0n) is 17.0. The van der Waals surface area contributed by atoms with Crippen LogP contribution in [0.2, 0.25) is 0 Å². The Kier molecular flexibility index (Phi) is 6.28. The van der Waals surface area contributed by atoms with Crippen molar-refractivity contribution in [1.82, 2.24) is 19.3 Å². The summed E-state index contributed by atoms with van der Waals surface area (Å²) < 4.78 is 27.3. The van der Waals surface area contributed by atoms with Crippen LogP contribution in [0.15, 0.2) is 47.4 Å². The first-order chi connectivity index (χ1) is 14.2. The Balaban J connectivity index is 1.61. The monoisotopic (exact) mass is 429 g/mol. The Hall–Kier alpha value is -3.11. The lowest BCUT2D eigenvalue weighted by atomic mass is 10.1. The molecule has 1 N–H and O–H groups in total. The number of carbonyl (C=O) groups is 2. The first-order valence-corrected chi connectivity index (χ1v) is 10.8. The van der Waals surface area contributed by atoms with Crippen molar-refractivity contribution in [3.8, 4) is 0 Å². The molecule has 0 fully saturated rings. The van der Waals surface area contributed by atoms with Crippen molar-refractivity contribution in [2.24, 2.45) is 0 Å². The lowest BCUT2D eigenvalue weighted by Crippen LogP contribution is -2.22. The number of sulfonamides is 1. The van der Waals surface area contributed by atoms with Crippen LogP contribution in [0, 0.1) is 0 Å². The molecule has 0 aliphatic heterocycles. The minimum Gasteiger partial charge on any atom is -0.326 e. The number of nitrogens with one attached hydrogen (secondary N) is 1. The number of anilines is 1. The molecule has 10 heteroatoms. The molecular formula is C20H23N5O4S. The first-order valence-electron chi connectivity index (χ1n) is 9.35. The lowest BCUT2D eigenvalue weighted by molar-refractivity contribution is -0.116. The zero-order chi connectivity index (χ0) is 21.9. The summed E-state index contributed by atoms with van der Waals surface area (Å²) in [6.07, 6.45) is 0.785. The third kappa shape index (κ3) is 4.71. The van der Waals surface area contributed by atoms with Gasteiger partial charge in [-0.1, -0.05) is 17.3 Å². The van der Waals surface area contributed by atoms with Crippen LogP contribution < -0.4 is 5.32 Å². The molecule has 1 amide bonds. The van der Waals surface area contributed by atoms with E-state index < -0.39 is 10.0 Å². The van der Waals surface area contributed by atoms with Gasteiger partial charge in [-0.25, -0.2) is 17.4 Å². The second kappa shape index (κ2) is 8.72. The highest BCUT2D eigenvalue weighted by Crippen LogP contribution is 2.19. The van der Waals surface area contributed by atoms with Crippen LogP contribution in [0.25, 0.3) is 11.0 Å². The molecule has 30 heavy (non-hydrogen) atoms. The maximum atomic E-state index is 12.2. The number of Topliss-reactive ketones (excluding diaryl/α,β-unsaturated/α-hetero) is 1. The summed E-state index contributed by atoms with van der Waals surface area (Å²) in [5.41, 5.74) is 2.29.